The number of nitrogens with one attached hydrogen (secondary N) is 2. The molecule has 4 fully saturated rings. The maximum Gasteiger partial charge on any atom is 0.238 e. The van der Waals surface area contributed by atoms with Crippen molar-refractivity contribution >= 4 is 34.8 Å². The van der Waals surface area contributed by atoms with Gasteiger partial charge in [-0.25, -0.2) is 0 Å². The maximum absolute atomic E-state index is 13.2. The molecule has 2 aromatic carbocycles. The fourth-order valence-corrected chi connectivity index (χ4v) is 8.11. The molecule has 0 heterocycles. The van der Waals surface area contributed by atoms with Crippen LogP contribution in [0.25, 0.3) is 0 Å². The number of rotatable bonds is 6. The molecule has 0 aromatic heterocycles. The van der Waals surface area contributed by atoms with Crippen molar-refractivity contribution in [2.75, 3.05) is 10.6 Å². The minimum Gasteiger partial charge on any atom is -0.325 e. The number of carbonyl (C=O) groups is 4. The molecule has 2 aromatic rings. The standard InChI is InChI=1S/C33H38N2O4/c1-30(2)22-13-15-32(18-22,26(30)36)28(38)34-24-9-5-20(6-10-24)17-21-7-11-25(12-8-21)35-29(39)33-16-14-23(19-33)31(3,4)27(33)37/h5-12,22-23H,13-19H2,1-4H3,(H,34,38)(H,35,39). The minimum absolute atomic E-state index is 0.0887. The zero-order chi connectivity index (χ0) is 27.8. The van der Waals surface area contributed by atoms with E-state index in [1.54, 1.807) is 0 Å². The lowest BCUT2D eigenvalue weighted by atomic mass is 9.70. The molecule has 4 saturated carbocycles. The van der Waals surface area contributed by atoms with Crippen LogP contribution in [0.5, 0.6) is 0 Å². The highest BCUT2D eigenvalue weighted by Gasteiger charge is 2.66. The Morgan fingerprint density at radius 3 is 1.33 bits per heavy atom. The van der Waals surface area contributed by atoms with Crippen molar-refractivity contribution in [1.82, 2.24) is 0 Å². The van der Waals surface area contributed by atoms with E-state index in [2.05, 4.69) is 10.6 Å². The van der Waals surface area contributed by atoms with Gasteiger partial charge in [-0.3, -0.25) is 19.2 Å². The zero-order valence-electron chi connectivity index (χ0n) is 23.4. The molecule has 4 unspecified atom stereocenters. The van der Waals surface area contributed by atoms with Crippen LogP contribution in [-0.2, 0) is 25.6 Å². The predicted molar refractivity (Wildman–Crippen MR) is 150 cm³/mol. The van der Waals surface area contributed by atoms with Crippen molar-refractivity contribution in [3.05, 3.63) is 59.7 Å². The Morgan fingerprint density at radius 1 is 0.667 bits per heavy atom. The number of carbonyl (C=O) groups excluding carboxylic acids is 4. The summed E-state index contributed by atoms with van der Waals surface area (Å²) >= 11 is 0. The molecule has 0 spiro atoms. The third kappa shape index (κ3) is 3.81. The first-order chi connectivity index (χ1) is 18.4. The van der Waals surface area contributed by atoms with Crippen LogP contribution in [0.3, 0.4) is 0 Å². The van der Waals surface area contributed by atoms with Crippen molar-refractivity contribution in [3.8, 4) is 0 Å². The van der Waals surface area contributed by atoms with Crippen LogP contribution in [0.15, 0.2) is 48.5 Å². The molecule has 0 saturated heterocycles. The van der Waals surface area contributed by atoms with Gasteiger partial charge in [0.05, 0.1) is 0 Å². The highest BCUT2D eigenvalue weighted by atomic mass is 16.2. The third-order valence-electron chi connectivity index (χ3n) is 10.8. The molecule has 0 aliphatic heterocycles. The first-order valence-electron chi connectivity index (χ1n) is 14.3. The molecule has 2 N–H and O–H groups in total. The largest absolute Gasteiger partial charge is 0.325 e. The molecule has 0 radical (unpaired) electrons. The normalized spacial score (nSPS) is 31.5. The number of hydrogen-bond acceptors (Lipinski definition) is 4. The second kappa shape index (κ2) is 8.61. The Balaban J connectivity index is 1.06. The highest BCUT2D eigenvalue weighted by molar-refractivity contribution is 6.15. The molecule has 2 amide bonds. The molecule has 6 rings (SSSR count). The summed E-state index contributed by atoms with van der Waals surface area (Å²) in [6, 6.07) is 15.5. The molecule has 4 bridgehead atoms. The monoisotopic (exact) mass is 526 g/mol. The van der Waals surface area contributed by atoms with Crippen LogP contribution in [0.4, 0.5) is 11.4 Å². The number of amides is 2. The van der Waals surface area contributed by atoms with Gasteiger partial charge in [-0.05, 0) is 92.2 Å². The van der Waals surface area contributed by atoms with Gasteiger partial charge in [-0.2, -0.15) is 0 Å². The number of hydrogen-bond donors (Lipinski definition) is 2. The second-order valence-electron chi connectivity index (χ2n) is 13.6. The summed E-state index contributed by atoms with van der Waals surface area (Å²) < 4.78 is 0. The topological polar surface area (TPSA) is 92.3 Å². The van der Waals surface area contributed by atoms with Gasteiger partial charge in [0, 0.05) is 22.2 Å². The summed E-state index contributed by atoms with van der Waals surface area (Å²) in [7, 11) is 0. The molecular weight excluding hydrogens is 488 g/mol. The van der Waals surface area contributed by atoms with E-state index in [9.17, 15) is 19.2 Å². The van der Waals surface area contributed by atoms with Crippen molar-refractivity contribution < 1.29 is 19.2 Å². The van der Waals surface area contributed by atoms with Crippen LogP contribution in [0, 0.1) is 33.5 Å². The lowest BCUT2D eigenvalue weighted by Crippen LogP contribution is -2.44. The van der Waals surface area contributed by atoms with E-state index in [4.69, 9.17) is 0 Å². The third-order valence-corrected chi connectivity index (χ3v) is 10.8. The number of benzene rings is 2. The fraction of sp³-hybridized carbons (Fsp3) is 0.515. The smallest absolute Gasteiger partial charge is 0.238 e. The second-order valence-corrected chi connectivity index (χ2v) is 13.6. The zero-order valence-corrected chi connectivity index (χ0v) is 23.4. The van der Waals surface area contributed by atoms with Crippen molar-refractivity contribution in [3.63, 3.8) is 0 Å². The Labute approximate surface area is 230 Å². The van der Waals surface area contributed by atoms with Crippen LogP contribution >= 0.6 is 0 Å². The number of anilines is 2. The lowest BCUT2D eigenvalue weighted by molar-refractivity contribution is -0.143. The van der Waals surface area contributed by atoms with Crippen molar-refractivity contribution in [2.45, 2.75) is 72.6 Å². The van der Waals surface area contributed by atoms with Crippen molar-refractivity contribution in [2.24, 2.45) is 33.5 Å². The SMILES string of the molecule is CC1(C)C(=O)C2(C(=O)Nc3ccc(Cc4ccc(NC(=O)C56CCC(C5)C(C)(C)C6=O)cc4)cc3)CCC1C2. The summed E-state index contributed by atoms with van der Waals surface area (Å²) in [5.41, 5.74) is 1.03. The maximum atomic E-state index is 13.2. The average molecular weight is 527 g/mol. The molecule has 6 heteroatoms. The van der Waals surface area contributed by atoms with Crippen LogP contribution in [-0.4, -0.2) is 23.4 Å². The van der Waals surface area contributed by atoms with E-state index < -0.39 is 21.7 Å². The van der Waals surface area contributed by atoms with Gasteiger partial charge < -0.3 is 10.6 Å². The fourth-order valence-electron chi connectivity index (χ4n) is 8.11. The summed E-state index contributed by atoms with van der Waals surface area (Å²) in [4.78, 5) is 52.4. The van der Waals surface area contributed by atoms with E-state index in [0.29, 0.717) is 55.3 Å². The number of fused-ring (bicyclic) bond motifs is 4. The van der Waals surface area contributed by atoms with E-state index in [1.807, 2.05) is 76.2 Å². The Bertz CT molecular complexity index is 1270. The number of ketones is 2. The molecule has 39 heavy (non-hydrogen) atoms. The molecule has 4 aliphatic rings. The van der Waals surface area contributed by atoms with Crippen LogP contribution in [0.2, 0.25) is 0 Å². The van der Waals surface area contributed by atoms with E-state index in [0.717, 1.165) is 24.0 Å². The van der Waals surface area contributed by atoms with Gasteiger partial charge in [0.15, 0.2) is 11.6 Å². The lowest BCUT2D eigenvalue weighted by Gasteiger charge is -2.32. The van der Waals surface area contributed by atoms with E-state index in [1.165, 1.54) is 0 Å². The van der Waals surface area contributed by atoms with E-state index >= 15 is 0 Å². The van der Waals surface area contributed by atoms with E-state index in [-0.39, 0.29) is 23.4 Å². The van der Waals surface area contributed by atoms with Crippen LogP contribution < -0.4 is 10.6 Å². The first-order valence-corrected chi connectivity index (χ1v) is 14.3. The molecule has 4 atom stereocenters. The average Bonchev–Trinajstić information content (AvgIpc) is 3.64. The van der Waals surface area contributed by atoms with Gasteiger partial charge in [-0.15, -0.1) is 0 Å². The Kier molecular flexibility index (Phi) is 5.73. The summed E-state index contributed by atoms with van der Waals surface area (Å²) in [5.74, 6) is 0.439. The van der Waals surface area contributed by atoms with Gasteiger partial charge in [0.25, 0.3) is 0 Å². The molecule has 6 nitrogen and oxygen atoms in total. The molecular formula is C33H38N2O4. The minimum atomic E-state index is -0.871. The first kappa shape index (κ1) is 26.0. The summed E-state index contributed by atoms with van der Waals surface area (Å²) in [6.45, 7) is 7.90. The van der Waals surface area contributed by atoms with Gasteiger partial charge in [0.2, 0.25) is 11.8 Å². The Hall–Kier alpha value is -3.28. The van der Waals surface area contributed by atoms with Gasteiger partial charge >= 0.3 is 0 Å². The predicted octanol–water partition coefficient (Wildman–Crippen LogP) is 5.95. The quantitative estimate of drug-likeness (QED) is 0.455. The number of Topliss-reactive ketones (excluding diaryl/α,β-unsaturated/α-hetero) is 2. The summed E-state index contributed by atoms with van der Waals surface area (Å²) in [6.07, 6.45) is 5.20. The van der Waals surface area contributed by atoms with Crippen molar-refractivity contribution in [1.29, 1.82) is 0 Å². The molecule has 4 aliphatic carbocycles. The highest BCUT2D eigenvalue weighted by Crippen LogP contribution is 2.61. The van der Waals surface area contributed by atoms with Gasteiger partial charge in [-0.1, -0.05) is 52.0 Å². The van der Waals surface area contributed by atoms with Gasteiger partial charge in [0.1, 0.15) is 10.8 Å². The molecule has 204 valence electrons. The van der Waals surface area contributed by atoms with Crippen LogP contribution in [0.1, 0.15) is 77.3 Å². The summed E-state index contributed by atoms with van der Waals surface area (Å²) in [5, 5.41) is 6.01. The Morgan fingerprint density at radius 2 is 1.03 bits per heavy atom.